The van der Waals surface area contributed by atoms with Crippen molar-refractivity contribution < 1.29 is 0 Å². The van der Waals surface area contributed by atoms with E-state index >= 15 is 0 Å². The number of aryl methyl sites for hydroxylation is 1. The zero-order chi connectivity index (χ0) is 12.5. The average molecular weight is 234 g/mol. The van der Waals surface area contributed by atoms with E-state index in [0.717, 1.165) is 19.5 Å². The molecule has 17 heavy (non-hydrogen) atoms. The van der Waals surface area contributed by atoms with Crippen molar-refractivity contribution in [2.24, 2.45) is 5.73 Å². The summed E-state index contributed by atoms with van der Waals surface area (Å²) in [5.74, 6) is 0. The van der Waals surface area contributed by atoms with Crippen LogP contribution in [-0.2, 0) is 6.42 Å². The Morgan fingerprint density at radius 3 is 2.29 bits per heavy atom. The van der Waals surface area contributed by atoms with Crippen LogP contribution in [0.3, 0.4) is 0 Å². The van der Waals surface area contributed by atoms with E-state index in [1.54, 1.807) is 0 Å². The minimum Gasteiger partial charge on any atom is -0.330 e. The van der Waals surface area contributed by atoms with Crippen LogP contribution in [0.1, 0.15) is 32.3 Å². The molecule has 1 aromatic carbocycles. The minimum atomic E-state index is 0.623. The fraction of sp³-hybridized carbons (Fsp3) is 0.600. The molecule has 0 radical (unpaired) electrons. The molecule has 0 fully saturated rings. The Balaban J connectivity index is 2.27. The first-order valence-electron chi connectivity index (χ1n) is 6.72. The first kappa shape index (κ1) is 14.2. The highest BCUT2D eigenvalue weighted by atomic mass is 15.1. The smallest absolute Gasteiger partial charge is 0.00385 e. The summed E-state index contributed by atoms with van der Waals surface area (Å²) in [6.45, 7) is 7.62. The fourth-order valence-electron chi connectivity index (χ4n) is 2.05. The molecule has 0 aliphatic carbocycles. The predicted octanol–water partition coefficient (Wildman–Crippen LogP) is 2.68. The van der Waals surface area contributed by atoms with Crippen molar-refractivity contribution in [3.63, 3.8) is 0 Å². The zero-order valence-corrected chi connectivity index (χ0v) is 11.2. The van der Waals surface area contributed by atoms with Gasteiger partial charge in [-0.2, -0.15) is 0 Å². The van der Waals surface area contributed by atoms with Crippen molar-refractivity contribution in [2.45, 2.75) is 39.2 Å². The molecule has 0 aliphatic heterocycles. The van der Waals surface area contributed by atoms with Gasteiger partial charge in [0.15, 0.2) is 0 Å². The maximum atomic E-state index is 5.57. The van der Waals surface area contributed by atoms with Crippen molar-refractivity contribution in [1.82, 2.24) is 4.90 Å². The lowest BCUT2D eigenvalue weighted by Crippen LogP contribution is -2.33. The van der Waals surface area contributed by atoms with Crippen LogP contribution in [0.15, 0.2) is 30.3 Å². The molecule has 0 saturated heterocycles. The van der Waals surface area contributed by atoms with E-state index in [2.05, 4.69) is 49.1 Å². The second-order valence-electron chi connectivity index (χ2n) is 4.86. The van der Waals surface area contributed by atoms with Gasteiger partial charge in [0.1, 0.15) is 0 Å². The molecule has 0 unspecified atom stereocenters. The third-order valence-electron chi connectivity index (χ3n) is 3.13. The Labute approximate surface area is 106 Å². The third kappa shape index (κ3) is 5.85. The Hall–Kier alpha value is -0.860. The maximum absolute atomic E-state index is 5.57. The number of nitrogens with two attached hydrogens (primary N) is 1. The van der Waals surface area contributed by atoms with Crippen molar-refractivity contribution in [3.05, 3.63) is 35.9 Å². The van der Waals surface area contributed by atoms with E-state index in [0.29, 0.717) is 6.04 Å². The minimum absolute atomic E-state index is 0.623. The van der Waals surface area contributed by atoms with Gasteiger partial charge in [-0.05, 0) is 58.3 Å². The van der Waals surface area contributed by atoms with Crippen LogP contribution in [0.4, 0.5) is 0 Å². The number of hydrogen-bond donors (Lipinski definition) is 1. The number of hydrogen-bond acceptors (Lipinski definition) is 2. The molecule has 0 aromatic heterocycles. The van der Waals surface area contributed by atoms with Crippen molar-refractivity contribution in [3.8, 4) is 0 Å². The van der Waals surface area contributed by atoms with E-state index in [4.69, 9.17) is 5.73 Å². The quantitative estimate of drug-likeness (QED) is 0.749. The summed E-state index contributed by atoms with van der Waals surface area (Å²) in [5.41, 5.74) is 7.01. The lowest BCUT2D eigenvalue weighted by atomic mass is 10.1. The first-order valence-corrected chi connectivity index (χ1v) is 6.72. The molecule has 0 spiro atoms. The summed E-state index contributed by atoms with van der Waals surface area (Å²) < 4.78 is 0. The molecule has 2 N–H and O–H groups in total. The molecule has 0 heterocycles. The lowest BCUT2D eigenvalue weighted by molar-refractivity contribution is 0.218. The Kier molecular flexibility index (Phi) is 6.90. The van der Waals surface area contributed by atoms with Crippen molar-refractivity contribution in [2.75, 3.05) is 19.6 Å². The van der Waals surface area contributed by atoms with Crippen LogP contribution in [0, 0.1) is 0 Å². The molecular weight excluding hydrogens is 208 g/mol. The van der Waals surface area contributed by atoms with Gasteiger partial charge in [-0.15, -0.1) is 0 Å². The molecular formula is C15H26N2. The maximum Gasteiger partial charge on any atom is 0.00385 e. The number of rotatable bonds is 8. The molecule has 2 heteroatoms. The van der Waals surface area contributed by atoms with E-state index in [1.165, 1.54) is 24.9 Å². The summed E-state index contributed by atoms with van der Waals surface area (Å²) in [4.78, 5) is 2.52. The molecule has 0 saturated carbocycles. The highest BCUT2D eigenvalue weighted by Crippen LogP contribution is 2.06. The molecule has 0 bridgehead atoms. The SMILES string of the molecule is CC(C)N(CCCN)CCCc1ccccc1. The van der Waals surface area contributed by atoms with Gasteiger partial charge in [-0.25, -0.2) is 0 Å². The molecule has 1 aromatic rings. The summed E-state index contributed by atoms with van der Waals surface area (Å²) >= 11 is 0. The van der Waals surface area contributed by atoms with Gasteiger partial charge >= 0.3 is 0 Å². The van der Waals surface area contributed by atoms with Crippen LogP contribution in [0.5, 0.6) is 0 Å². The van der Waals surface area contributed by atoms with E-state index < -0.39 is 0 Å². The highest BCUT2D eigenvalue weighted by molar-refractivity contribution is 5.14. The van der Waals surface area contributed by atoms with Crippen LogP contribution in [0.2, 0.25) is 0 Å². The number of nitrogens with zero attached hydrogens (tertiary/aromatic N) is 1. The Morgan fingerprint density at radius 2 is 1.71 bits per heavy atom. The summed E-state index contributed by atoms with van der Waals surface area (Å²) in [5, 5.41) is 0. The van der Waals surface area contributed by atoms with Gasteiger partial charge in [0, 0.05) is 6.04 Å². The van der Waals surface area contributed by atoms with Gasteiger partial charge in [0.2, 0.25) is 0 Å². The predicted molar refractivity (Wildman–Crippen MR) is 75.1 cm³/mol. The van der Waals surface area contributed by atoms with Crippen LogP contribution in [0.25, 0.3) is 0 Å². The third-order valence-corrected chi connectivity index (χ3v) is 3.13. The standard InChI is InChI=1S/C15H26N2/c1-14(2)17(13-7-11-16)12-6-10-15-8-4-3-5-9-15/h3-5,8-9,14H,6-7,10-13,16H2,1-2H3. The summed E-state index contributed by atoms with van der Waals surface area (Å²) in [6, 6.07) is 11.3. The van der Waals surface area contributed by atoms with Crippen LogP contribution >= 0.6 is 0 Å². The second-order valence-corrected chi connectivity index (χ2v) is 4.86. The van der Waals surface area contributed by atoms with Crippen molar-refractivity contribution in [1.29, 1.82) is 0 Å². The molecule has 2 nitrogen and oxygen atoms in total. The monoisotopic (exact) mass is 234 g/mol. The van der Waals surface area contributed by atoms with Gasteiger partial charge in [0.25, 0.3) is 0 Å². The van der Waals surface area contributed by atoms with Crippen LogP contribution < -0.4 is 5.73 Å². The van der Waals surface area contributed by atoms with Gasteiger partial charge in [-0.3, -0.25) is 0 Å². The fourth-order valence-corrected chi connectivity index (χ4v) is 2.05. The highest BCUT2D eigenvalue weighted by Gasteiger charge is 2.07. The number of benzene rings is 1. The summed E-state index contributed by atoms with van der Waals surface area (Å²) in [7, 11) is 0. The molecule has 1 rings (SSSR count). The molecule has 0 aliphatic rings. The van der Waals surface area contributed by atoms with Gasteiger partial charge in [0.05, 0.1) is 0 Å². The summed E-state index contributed by atoms with van der Waals surface area (Å²) in [6.07, 6.45) is 3.50. The van der Waals surface area contributed by atoms with E-state index in [9.17, 15) is 0 Å². The Bertz CT molecular complexity index is 282. The van der Waals surface area contributed by atoms with Crippen LogP contribution in [-0.4, -0.2) is 30.6 Å². The molecule has 0 atom stereocenters. The lowest BCUT2D eigenvalue weighted by Gasteiger charge is -2.26. The van der Waals surface area contributed by atoms with E-state index in [-0.39, 0.29) is 0 Å². The van der Waals surface area contributed by atoms with Crippen molar-refractivity contribution >= 4 is 0 Å². The first-order chi connectivity index (χ1) is 8.24. The van der Waals surface area contributed by atoms with E-state index in [1.807, 2.05) is 0 Å². The zero-order valence-electron chi connectivity index (χ0n) is 11.2. The molecule has 0 amide bonds. The normalized spacial score (nSPS) is 11.4. The largest absolute Gasteiger partial charge is 0.330 e. The Morgan fingerprint density at radius 1 is 1.06 bits per heavy atom. The topological polar surface area (TPSA) is 29.3 Å². The molecule has 96 valence electrons. The second kappa shape index (κ2) is 8.26. The average Bonchev–Trinajstić information content (AvgIpc) is 2.34. The van der Waals surface area contributed by atoms with Gasteiger partial charge in [-0.1, -0.05) is 30.3 Å². The van der Waals surface area contributed by atoms with Gasteiger partial charge < -0.3 is 10.6 Å².